The minimum absolute atomic E-state index is 0.157. The van der Waals surface area contributed by atoms with Gasteiger partial charge in [-0.05, 0) is 37.5 Å². The van der Waals surface area contributed by atoms with Crippen LogP contribution in [0, 0.1) is 5.82 Å². The van der Waals surface area contributed by atoms with E-state index in [0.717, 1.165) is 19.6 Å². The third-order valence-corrected chi connectivity index (χ3v) is 4.11. The molecule has 1 aliphatic heterocycles. The Morgan fingerprint density at radius 2 is 2.00 bits per heavy atom. The van der Waals surface area contributed by atoms with Gasteiger partial charge in [-0.1, -0.05) is 19.1 Å². The van der Waals surface area contributed by atoms with E-state index < -0.39 is 0 Å². The highest BCUT2D eigenvalue weighted by Crippen LogP contribution is 2.19. The molecule has 0 bridgehead atoms. The highest BCUT2D eigenvalue weighted by Gasteiger charge is 2.25. The van der Waals surface area contributed by atoms with Gasteiger partial charge in [0.1, 0.15) is 5.82 Å². The van der Waals surface area contributed by atoms with Crippen molar-refractivity contribution in [2.45, 2.75) is 38.8 Å². The summed E-state index contributed by atoms with van der Waals surface area (Å²) in [5.41, 5.74) is 1.22. The normalized spacial score (nSPS) is 27.1. The number of nitrogens with one attached hydrogen (secondary N) is 1. The maximum absolute atomic E-state index is 12.9. The van der Waals surface area contributed by atoms with E-state index >= 15 is 0 Å². The number of hydrogen-bond donors (Lipinski definition) is 1. The van der Waals surface area contributed by atoms with E-state index in [1.54, 1.807) is 12.1 Å². The molecular formula is C15H23FN2. The first kappa shape index (κ1) is 13.5. The van der Waals surface area contributed by atoms with Crippen molar-refractivity contribution in [3.63, 3.8) is 0 Å². The van der Waals surface area contributed by atoms with Crippen molar-refractivity contribution >= 4 is 0 Å². The Morgan fingerprint density at radius 1 is 1.33 bits per heavy atom. The van der Waals surface area contributed by atoms with Gasteiger partial charge in [-0.25, -0.2) is 4.39 Å². The molecule has 0 amide bonds. The number of piperazine rings is 1. The lowest BCUT2D eigenvalue weighted by molar-refractivity contribution is 0.132. The largest absolute Gasteiger partial charge is 0.311 e. The van der Waals surface area contributed by atoms with Gasteiger partial charge < -0.3 is 5.32 Å². The van der Waals surface area contributed by atoms with Gasteiger partial charge in [0.15, 0.2) is 0 Å². The van der Waals surface area contributed by atoms with Crippen molar-refractivity contribution in [2.24, 2.45) is 0 Å². The summed E-state index contributed by atoms with van der Waals surface area (Å²) < 4.78 is 12.9. The van der Waals surface area contributed by atoms with Crippen LogP contribution < -0.4 is 5.32 Å². The molecule has 18 heavy (non-hydrogen) atoms. The van der Waals surface area contributed by atoms with Gasteiger partial charge in [-0.15, -0.1) is 0 Å². The van der Waals surface area contributed by atoms with Gasteiger partial charge >= 0.3 is 0 Å². The van der Waals surface area contributed by atoms with E-state index in [0.29, 0.717) is 18.0 Å². The van der Waals surface area contributed by atoms with Crippen molar-refractivity contribution in [3.8, 4) is 0 Å². The zero-order valence-corrected chi connectivity index (χ0v) is 11.5. The van der Waals surface area contributed by atoms with Crippen LogP contribution in [-0.2, 0) is 0 Å². The predicted octanol–water partition coefficient (Wildman–Crippen LogP) is 2.61. The second kappa shape index (κ2) is 5.81. The molecule has 3 unspecified atom stereocenters. The van der Waals surface area contributed by atoms with Crippen LogP contribution in [0.1, 0.15) is 32.3 Å². The van der Waals surface area contributed by atoms with E-state index in [4.69, 9.17) is 0 Å². The zero-order valence-electron chi connectivity index (χ0n) is 11.5. The highest BCUT2D eigenvalue weighted by atomic mass is 19.1. The van der Waals surface area contributed by atoms with Crippen LogP contribution in [0.5, 0.6) is 0 Å². The molecule has 0 aromatic heterocycles. The Hall–Kier alpha value is -0.930. The van der Waals surface area contributed by atoms with Gasteiger partial charge in [0.2, 0.25) is 0 Å². The van der Waals surface area contributed by atoms with E-state index in [1.165, 1.54) is 5.56 Å². The summed E-state index contributed by atoms with van der Waals surface area (Å²) >= 11 is 0. The smallest absolute Gasteiger partial charge is 0.123 e. The Balaban J connectivity index is 1.98. The Morgan fingerprint density at radius 3 is 2.67 bits per heavy atom. The molecule has 100 valence electrons. The van der Waals surface area contributed by atoms with Crippen molar-refractivity contribution in [2.75, 3.05) is 19.6 Å². The molecule has 2 nitrogen and oxygen atoms in total. The number of rotatable bonds is 3. The van der Waals surface area contributed by atoms with Crippen LogP contribution in [0.4, 0.5) is 4.39 Å². The van der Waals surface area contributed by atoms with E-state index in [2.05, 4.69) is 31.0 Å². The molecule has 0 radical (unpaired) electrons. The zero-order chi connectivity index (χ0) is 13.1. The molecule has 1 aliphatic rings. The first-order chi connectivity index (χ1) is 8.58. The first-order valence-electron chi connectivity index (χ1n) is 6.81. The van der Waals surface area contributed by atoms with Gasteiger partial charge in [0, 0.05) is 31.7 Å². The molecule has 1 aromatic carbocycles. The monoisotopic (exact) mass is 250 g/mol. The van der Waals surface area contributed by atoms with Gasteiger partial charge in [0.25, 0.3) is 0 Å². The SMILES string of the molecule is CC(CN1CCNC(C)C1C)c1ccc(F)cc1. The lowest BCUT2D eigenvalue weighted by Gasteiger charge is -2.40. The summed E-state index contributed by atoms with van der Waals surface area (Å²) in [4.78, 5) is 2.52. The molecule has 3 heteroatoms. The number of halogens is 1. The van der Waals surface area contributed by atoms with Gasteiger partial charge in [-0.3, -0.25) is 4.90 Å². The topological polar surface area (TPSA) is 15.3 Å². The standard InChI is InChI=1S/C15H23FN2/c1-11(14-4-6-15(16)7-5-14)10-18-9-8-17-12(2)13(18)3/h4-7,11-13,17H,8-10H2,1-3H3. The molecule has 1 heterocycles. The fourth-order valence-corrected chi connectivity index (χ4v) is 2.63. The average Bonchev–Trinajstić information content (AvgIpc) is 2.36. The average molecular weight is 250 g/mol. The minimum Gasteiger partial charge on any atom is -0.311 e. The fraction of sp³-hybridized carbons (Fsp3) is 0.600. The highest BCUT2D eigenvalue weighted by molar-refractivity contribution is 5.20. The van der Waals surface area contributed by atoms with E-state index in [1.807, 2.05) is 12.1 Å². The summed E-state index contributed by atoms with van der Waals surface area (Å²) in [6, 6.07) is 8.00. The molecule has 0 spiro atoms. The molecule has 1 saturated heterocycles. The van der Waals surface area contributed by atoms with Crippen molar-refractivity contribution < 1.29 is 4.39 Å². The van der Waals surface area contributed by atoms with Crippen LogP contribution >= 0.6 is 0 Å². The lowest BCUT2D eigenvalue weighted by atomic mass is 9.98. The van der Waals surface area contributed by atoms with Gasteiger partial charge in [0.05, 0.1) is 0 Å². The summed E-state index contributed by atoms with van der Waals surface area (Å²) in [5, 5.41) is 3.49. The minimum atomic E-state index is -0.157. The Labute approximate surface area is 109 Å². The first-order valence-corrected chi connectivity index (χ1v) is 6.81. The second-order valence-electron chi connectivity index (χ2n) is 5.43. The van der Waals surface area contributed by atoms with E-state index in [9.17, 15) is 4.39 Å². The number of benzene rings is 1. The molecule has 1 N–H and O–H groups in total. The number of hydrogen-bond acceptors (Lipinski definition) is 2. The summed E-state index contributed by atoms with van der Waals surface area (Å²) in [7, 11) is 0. The van der Waals surface area contributed by atoms with Crippen LogP contribution in [0.25, 0.3) is 0 Å². The van der Waals surface area contributed by atoms with Crippen LogP contribution in [0.15, 0.2) is 24.3 Å². The second-order valence-corrected chi connectivity index (χ2v) is 5.43. The van der Waals surface area contributed by atoms with Crippen molar-refractivity contribution in [3.05, 3.63) is 35.6 Å². The summed E-state index contributed by atoms with van der Waals surface area (Å²) in [6.07, 6.45) is 0. The van der Waals surface area contributed by atoms with E-state index in [-0.39, 0.29) is 5.82 Å². The molecular weight excluding hydrogens is 227 g/mol. The molecule has 1 aromatic rings. The molecule has 3 atom stereocenters. The molecule has 2 rings (SSSR count). The van der Waals surface area contributed by atoms with Crippen LogP contribution in [0.2, 0.25) is 0 Å². The Kier molecular flexibility index (Phi) is 4.36. The fourth-order valence-electron chi connectivity index (χ4n) is 2.63. The van der Waals surface area contributed by atoms with Gasteiger partial charge in [-0.2, -0.15) is 0 Å². The van der Waals surface area contributed by atoms with Crippen molar-refractivity contribution in [1.29, 1.82) is 0 Å². The van der Waals surface area contributed by atoms with Crippen LogP contribution in [-0.4, -0.2) is 36.6 Å². The molecule has 1 fully saturated rings. The molecule has 0 aliphatic carbocycles. The summed E-state index contributed by atoms with van der Waals surface area (Å²) in [6.45, 7) is 9.91. The third kappa shape index (κ3) is 3.09. The summed E-state index contributed by atoms with van der Waals surface area (Å²) in [5.74, 6) is 0.286. The number of nitrogens with zero attached hydrogens (tertiary/aromatic N) is 1. The third-order valence-electron chi connectivity index (χ3n) is 4.11. The quantitative estimate of drug-likeness (QED) is 0.887. The predicted molar refractivity (Wildman–Crippen MR) is 73.3 cm³/mol. The Bertz CT molecular complexity index is 377. The maximum Gasteiger partial charge on any atom is 0.123 e. The van der Waals surface area contributed by atoms with Crippen molar-refractivity contribution in [1.82, 2.24) is 10.2 Å². The lowest BCUT2D eigenvalue weighted by Crippen LogP contribution is -2.55. The van der Waals surface area contributed by atoms with Crippen LogP contribution in [0.3, 0.4) is 0 Å². The maximum atomic E-state index is 12.9. The molecule has 0 saturated carbocycles.